The molecule has 3 rings (SSSR count). The average molecular weight is 334 g/mol. The van der Waals surface area contributed by atoms with Crippen LogP contribution in [0, 0.1) is 5.82 Å². The lowest BCUT2D eigenvalue weighted by molar-refractivity contribution is -0.143. The summed E-state index contributed by atoms with van der Waals surface area (Å²) in [6.45, 7) is 0.337. The summed E-state index contributed by atoms with van der Waals surface area (Å²) in [5.41, 5.74) is 1.67. The molecule has 1 saturated heterocycles. The van der Waals surface area contributed by atoms with E-state index < -0.39 is 12.1 Å². The molecule has 2 atom stereocenters. The number of hydrogen-bond acceptors (Lipinski definition) is 2. The second-order valence-corrected chi connectivity index (χ2v) is 6.19. The molecule has 1 aliphatic heterocycles. The number of likely N-dealkylation sites (tertiary alicyclic amines) is 1. The van der Waals surface area contributed by atoms with Gasteiger partial charge in [-0.15, -0.1) is 0 Å². The molecule has 5 heteroatoms. The summed E-state index contributed by atoms with van der Waals surface area (Å²) < 4.78 is 13.1. The summed E-state index contributed by atoms with van der Waals surface area (Å²) >= 11 is 5.92. The van der Waals surface area contributed by atoms with Crippen LogP contribution in [0.25, 0.3) is 0 Å². The van der Waals surface area contributed by atoms with Crippen LogP contribution in [0.4, 0.5) is 4.39 Å². The van der Waals surface area contributed by atoms with Crippen molar-refractivity contribution in [3.8, 4) is 0 Å². The molecule has 1 N–H and O–H groups in total. The first-order valence-corrected chi connectivity index (χ1v) is 7.90. The first-order valence-electron chi connectivity index (χ1n) is 7.52. The zero-order valence-electron chi connectivity index (χ0n) is 12.5. The minimum atomic E-state index is -0.630. The highest BCUT2D eigenvalue weighted by Gasteiger charge is 2.35. The highest BCUT2D eigenvalue weighted by atomic mass is 35.5. The molecule has 0 aromatic heterocycles. The Hall–Kier alpha value is -1.91. The van der Waals surface area contributed by atoms with E-state index in [1.807, 2.05) is 12.1 Å². The van der Waals surface area contributed by atoms with Crippen molar-refractivity contribution in [3.63, 3.8) is 0 Å². The van der Waals surface area contributed by atoms with Crippen LogP contribution < -0.4 is 0 Å². The molecule has 23 heavy (non-hydrogen) atoms. The van der Waals surface area contributed by atoms with Crippen molar-refractivity contribution >= 4 is 17.5 Å². The van der Waals surface area contributed by atoms with Crippen LogP contribution in [-0.4, -0.2) is 22.0 Å². The monoisotopic (exact) mass is 333 g/mol. The van der Waals surface area contributed by atoms with Gasteiger partial charge < -0.3 is 10.0 Å². The first-order chi connectivity index (χ1) is 11.0. The summed E-state index contributed by atoms with van der Waals surface area (Å²) in [5, 5.41) is 11.0. The average Bonchev–Trinajstić information content (AvgIpc) is 2.54. The van der Waals surface area contributed by atoms with Crippen LogP contribution in [0.1, 0.15) is 30.0 Å². The Morgan fingerprint density at radius 2 is 1.78 bits per heavy atom. The molecule has 1 aliphatic rings. The molecule has 0 aliphatic carbocycles. The van der Waals surface area contributed by atoms with Crippen LogP contribution >= 0.6 is 11.6 Å². The van der Waals surface area contributed by atoms with E-state index in [2.05, 4.69) is 0 Å². The molecule has 1 fully saturated rings. The number of aliphatic hydroxyl groups excluding tert-OH is 1. The van der Waals surface area contributed by atoms with Gasteiger partial charge in [-0.05, 0) is 41.8 Å². The predicted molar refractivity (Wildman–Crippen MR) is 86.4 cm³/mol. The Morgan fingerprint density at radius 1 is 1.13 bits per heavy atom. The van der Waals surface area contributed by atoms with E-state index in [0.29, 0.717) is 24.4 Å². The van der Waals surface area contributed by atoms with Gasteiger partial charge in [-0.1, -0.05) is 35.9 Å². The highest BCUT2D eigenvalue weighted by molar-refractivity contribution is 6.30. The maximum atomic E-state index is 13.1. The van der Waals surface area contributed by atoms with E-state index in [-0.39, 0.29) is 11.7 Å². The molecular formula is C18H17ClFNO2. The van der Waals surface area contributed by atoms with Gasteiger partial charge in [0, 0.05) is 18.0 Å². The van der Waals surface area contributed by atoms with Crippen LogP contribution in [-0.2, 0) is 11.3 Å². The van der Waals surface area contributed by atoms with E-state index in [0.717, 1.165) is 11.1 Å². The standard InChI is InChI=1S/C18H17ClFNO2/c19-14-5-3-13(4-6-14)18-16(22)9-10-17(23)21(18)11-12-1-7-15(20)8-2-12/h1-8,16,18,22H,9-11H2/t16-,18+/m0/s1. The van der Waals surface area contributed by atoms with Gasteiger partial charge in [0.05, 0.1) is 12.1 Å². The fraction of sp³-hybridized carbons (Fsp3) is 0.278. The van der Waals surface area contributed by atoms with Crippen molar-refractivity contribution in [2.75, 3.05) is 0 Å². The number of aliphatic hydroxyl groups is 1. The predicted octanol–water partition coefficient (Wildman–Crippen LogP) is 3.70. The van der Waals surface area contributed by atoms with Crippen molar-refractivity contribution in [2.45, 2.75) is 31.5 Å². The van der Waals surface area contributed by atoms with Crippen molar-refractivity contribution in [1.82, 2.24) is 4.90 Å². The van der Waals surface area contributed by atoms with E-state index in [1.54, 1.807) is 29.2 Å². The lowest BCUT2D eigenvalue weighted by Crippen LogP contribution is -2.44. The van der Waals surface area contributed by atoms with Gasteiger partial charge in [0.15, 0.2) is 0 Å². The Bertz CT molecular complexity index is 687. The molecule has 2 aromatic carbocycles. The summed E-state index contributed by atoms with van der Waals surface area (Å²) in [6.07, 6.45) is 0.118. The smallest absolute Gasteiger partial charge is 0.223 e. The zero-order valence-corrected chi connectivity index (χ0v) is 13.2. The van der Waals surface area contributed by atoms with Crippen molar-refractivity contribution in [2.24, 2.45) is 0 Å². The molecule has 0 unspecified atom stereocenters. The second kappa shape index (κ2) is 6.69. The number of carbonyl (C=O) groups excluding carboxylic acids is 1. The van der Waals surface area contributed by atoms with Gasteiger partial charge in [-0.2, -0.15) is 0 Å². The number of benzene rings is 2. The van der Waals surface area contributed by atoms with Gasteiger partial charge in [0.2, 0.25) is 5.91 Å². The van der Waals surface area contributed by atoms with Crippen LogP contribution in [0.15, 0.2) is 48.5 Å². The third-order valence-corrected chi connectivity index (χ3v) is 4.40. The lowest BCUT2D eigenvalue weighted by Gasteiger charge is -2.39. The third-order valence-electron chi connectivity index (χ3n) is 4.15. The topological polar surface area (TPSA) is 40.5 Å². The Morgan fingerprint density at radius 3 is 2.43 bits per heavy atom. The molecule has 2 aromatic rings. The van der Waals surface area contributed by atoms with Crippen LogP contribution in [0.2, 0.25) is 5.02 Å². The van der Waals surface area contributed by atoms with Crippen LogP contribution in [0.3, 0.4) is 0 Å². The van der Waals surface area contributed by atoms with Gasteiger partial charge in [0.25, 0.3) is 0 Å². The summed E-state index contributed by atoms with van der Waals surface area (Å²) in [5.74, 6) is -0.326. The van der Waals surface area contributed by atoms with Crippen molar-refractivity contribution < 1.29 is 14.3 Å². The molecule has 0 bridgehead atoms. The fourth-order valence-electron chi connectivity index (χ4n) is 2.97. The zero-order chi connectivity index (χ0) is 16.4. The number of hydrogen-bond donors (Lipinski definition) is 1. The summed E-state index contributed by atoms with van der Waals surface area (Å²) in [6, 6.07) is 12.8. The quantitative estimate of drug-likeness (QED) is 0.930. The molecule has 0 radical (unpaired) electrons. The third kappa shape index (κ3) is 3.54. The minimum absolute atomic E-state index is 0.0143. The largest absolute Gasteiger partial charge is 0.391 e. The van der Waals surface area contributed by atoms with Gasteiger partial charge in [-0.3, -0.25) is 4.79 Å². The SMILES string of the molecule is O=C1CC[C@H](O)[C@@H](c2ccc(Cl)cc2)N1Cc1ccc(F)cc1. The van der Waals surface area contributed by atoms with Gasteiger partial charge in [0.1, 0.15) is 5.82 Å². The number of nitrogens with zero attached hydrogens (tertiary/aromatic N) is 1. The van der Waals surface area contributed by atoms with Crippen LogP contribution in [0.5, 0.6) is 0 Å². The lowest BCUT2D eigenvalue weighted by atomic mass is 9.91. The molecule has 1 amide bonds. The molecule has 120 valence electrons. The van der Waals surface area contributed by atoms with E-state index >= 15 is 0 Å². The first kappa shape index (κ1) is 16.0. The number of piperidine rings is 1. The minimum Gasteiger partial charge on any atom is -0.391 e. The number of amides is 1. The summed E-state index contributed by atoms with van der Waals surface area (Å²) in [7, 11) is 0. The fourth-order valence-corrected chi connectivity index (χ4v) is 3.10. The molecule has 1 heterocycles. The van der Waals surface area contributed by atoms with E-state index in [1.165, 1.54) is 12.1 Å². The maximum absolute atomic E-state index is 13.1. The van der Waals surface area contributed by atoms with Gasteiger partial charge in [-0.25, -0.2) is 4.39 Å². The number of rotatable bonds is 3. The Kier molecular flexibility index (Phi) is 4.64. The highest BCUT2D eigenvalue weighted by Crippen LogP contribution is 2.33. The summed E-state index contributed by atoms with van der Waals surface area (Å²) in [4.78, 5) is 14.0. The maximum Gasteiger partial charge on any atom is 0.223 e. The van der Waals surface area contributed by atoms with E-state index in [4.69, 9.17) is 11.6 Å². The van der Waals surface area contributed by atoms with Crippen molar-refractivity contribution in [3.05, 3.63) is 70.5 Å². The Balaban J connectivity index is 1.90. The number of halogens is 2. The molecule has 3 nitrogen and oxygen atoms in total. The second-order valence-electron chi connectivity index (χ2n) is 5.75. The number of carbonyl (C=O) groups is 1. The molecule has 0 saturated carbocycles. The molecular weight excluding hydrogens is 317 g/mol. The van der Waals surface area contributed by atoms with Gasteiger partial charge >= 0.3 is 0 Å². The normalized spacial score (nSPS) is 21.5. The molecule has 0 spiro atoms. The Labute approximate surface area is 139 Å². The van der Waals surface area contributed by atoms with E-state index in [9.17, 15) is 14.3 Å². The van der Waals surface area contributed by atoms with Crippen molar-refractivity contribution in [1.29, 1.82) is 0 Å².